The quantitative estimate of drug-likeness (QED) is 0.871. The summed E-state index contributed by atoms with van der Waals surface area (Å²) in [6.07, 6.45) is -2.37. The Hall–Kier alpha value is -0.490. The standard InChI is InChI=1S/C12H14BrF3O2/c13-9-5-6-18-11(9)10(17)7-3-1-2-4-8(7)12(14,15)16/h5-8,10,17H,1-4H2. The highest BCUT2D eigenvalue weighted by molar-refractivity contribution is 9.10. The SMILES string of the molecule is OC(c1occc1Br)C1CCCCC1C(F)(F)F. The third kappa shape index (κ3) is 2.74. The first-order valence-electron chi connectivity index (χ1n) is 5.89. The van der Waals surface area contributed by atoms with E-state index in [1.807, 2.05) is 0 Å². The van der Waals surface area contributed by atoms with Crippen LogP contribution in [0, 0.1) is 11.8 Å². The van der Waals surface area contributed by atoms with Gasteiger partial charge in [-0.15, -0.1) is 0 Å². The van der Waals surface area contributed by atoms with Crippen molar-refractivity contribution >= 4 is 15.9 Å². The molecule has 1 fully saturated rings. The van der Waals surface area contributed by atoms with E-state index >= 15 is 0 Å². The van der Waals surface area contributed by atoms with Crippen LogP contribution >= 0.6 is 15.9 Å². The van der Waals surface area contributed by atoms with E-state index in [9.17, 15) is 18.3 Å². The zero-order valence-corrected chi connectivity index (χ0v) is 11.2. The van der Waals surface area contributed by atoms with Gasteiger partial charge in [0.05, 0.1) is 16.7 Å². The maximum Gasteiger partial charge on any atom is 0.392 e. The zero-order valence-electron chi connectivity index (χ0n) is 9.58. The molecule has 2 nitrogen and oxygen atoms in total. The molecule has 18 heavy (non-hydrogen) atoms. The van der Waals surface area contributed by atoms with Gasteiger partial charge in [-0.1, -0.05) is 12.8 Å². The van der Waals surface area contributed by atoms with E-state index in [-0.39, 0.29) is 12.2 Å². The van der Waals surface area contributed by atoms with Gasteiger partial charge in [0.1, 0.15) is 11.9 Å². The molecule has 3 unspecified atom stereocenters. The Morgan fingerprint density at radius 3 is 2.56 bits per heavy atom. The fraction of sp³-hybridized carbons (Fsp3) is 0.667. The number of furan rings is 1. The number of rotatable bonds is 2. The first-order chi connectivity index (χ1) is 8.41. The van der Waals surface area contributed by atoms with Crippen LogP contribution in [0.5, 0.6) is 0 Å². The van der Waals surface area contributed by atoms with Crippen molar-refractivity contribution in [3.8, 4) is 0 Å². The summed E-state index contributed by atoms with van der Waals surface area (Å²) in [4.78, 5) is 0. The fourth-order valence-corrected chi connectivity index (χ4v) is 3.09. The van der Waals surface area contributed by atoms with Crippen molar-refractivity contribution < 1.29 is 22.7 Å². The molecule has 1 aliphatic carbocycles. The van der Waals surface area contributed by atoms with Crippen LogP contribution < -0.4 is 0 Å². The highest BCUT2D eigenvalue weighted by atomic mass is 79.9. The average molecular weight is 327 g/mol. The average Bonchev–Trinajstić information content (AvgIpc) is 2.73. The lowest BCUT2D eigenvalue weighted by atomic mass is 9.75. The molecule has 0 aromatic carbocycles. The summed E-state index contributed by atoms with van der Waals surface area (Å²) < 4.78 is 44.4. The first kappa shape index (κ1) is 13.9. The molecule has 0 bridgehead atoms. The molecule has 2 rings (SSSR count). The van der Waals surface area contributed by atoms with Crippen LogP contribution in [-0.4, -0.2) is 11.3 Å². The topological polar surface area (TPSA) is 33.4 Å². The van der Waals surface area contributed by atoms with Gasteiger partial charge in [0.25, 0.3) is 0 Å². The number of alkyl halides is 3. The second-order valence-corrected chi connectivity index (χ2v) is 5.53. The molecule has 1 saturated carbocycles. The van der Waals surface area contributed by atoms with E-state index in [0.29, 0.717) is 23.7 Å². The molecule has 0 aliphatic heterocycles. The van der Waals surface area contributed by atoms with Gasteiger partial charge in [0.2, 0.25) is 0 Å². The third-order valence-electron chi connectivity index (χ3n) is 3.56. The second-order valence-electron chi connectivity index (χ2n) is 4.67. The minimum Gasteiger partial charge on any atom is -0.465 e. The molecule has 1 aromatic rings. The van der Waals surface area contributed by atoms with Gasteiger partial charge in [-0.05, 0) is 34.8 Å². The molecule has 1 heterocycles. The van der Waals surface area contributed by atoms with E-state index in [1.54, 1.807) is 6.07 Å². The van der Waals surface area contributed by atoms with Crippen LogP contribution in [0.25, 0.3) is 0 Å². The van der Waals surface area contributed by atoms with E-state index in [1.165, 1.54) is 6.26 Å². The first-order valence-corrected chi connectivity index (χ1v) is 6.68. The summed E-state index contributed by atoms with van der Waals surface area (Å²) in [5.74, 6) is -2.07. The van der Waals surface area contributed by atoms with E-state index in [0.717, 1.165) is 0 Å². The molecule has 102 valence electrons. The lowest BCUT2D eigenvalue weighted by Gasteiger charge is -2.35. The highest BCUT2D eigenvalue weighted by Gasteiger charge is 2.48. The van der Waals surface area contributed by atoms with Gasteiger partial charge in [-0.3, -0.25) is 0 Å². The maximum absolute atomic E-state index is 12.9. The monoisotopic (exact) mass is 326 g/mol. The number of aliphatic hydroxyl groups is 1. The lowest BCUT2D eigenvalue weighted by molar-refractivity contribution is -0.208. The minimum atomic E-state index is -4.26. The molecular weight excluding hydrogens is 313 g/mol. The number of hydrogen-bond donors (Lipinski definition) is 1. The normalized spacial score (nSPS) is 27.2. The Morgan fingerprint density at radius 2 is 2.00 bits per heavy atom. The molecule has 0 amide bonds. The van der Waals surface area contributed by atoms with Crippen LogP contribution in [0.4, 0.5) is 13.2 Å². The summed E-state index contributed by atoms with van der Waals surface area (Å²) in [5, 5.41) is 10.1. The molecule has 3 atom stereocenters. The van der Waals surface area contributed by atoms with Crippen molar-refractivity contribution in [2.24, 2.45) is 11.8 Å². The van der Waals surface area contributed by atoms with E-state index in [2.05, 4.69) is 15.9 Å². The van der Waals surface area contributed by atoms with Crippen molar-refractivity contribution in [1.29, 1.82) is 0 Å². The van der Waals surface area contributed by atoms with Crippen LogP contribution in [-0.2, 0) is 0 Å². The molecule has 1 aliphatic rings. The van der Waals surface area contributed by atoms with Crippen molar-refractivity contribution in [2.75, 3.05) is 0 Å². The molecule has 1 N–H and O–H groups in total. The van der Waals surface area contributed by atoms with Gasteiger partial charge in [-0.2, -0.15) is 13.2 Å². The highest BCUT2D eigenvalue weighted by Crippen LogP contribution is 2.47. The Labute approximate surface area is 111 Å². The number of halogens is 4. The van der Waals surface area contributed by atoms with Gasteiger partial charge >= 0.3 is 6.18 Å². The molecule has 0 radical (unpaired) electrons. The Balaban J connectivity index is 2.22. The molecular formula is C12H14BrF3O2. The van der Waals surface area contributed by atoms with Crippen LogP contribution in [0.1, 0.15) is 37.5 Å². The van der Waals surface area contributed by atoms with E-state index < -0.39 is 24.1 Å². The number of aliphatic hydroxyl groups excluding tert-OH is 1. The molecule has 0 saturated heterocycles. The van der Waals surface area contributed by atoms with Gasteiger partial charge in [-0.25, -0.2) is 0 Å². The van der Waals surface area contributed by atoms with Gasteiger partial charge < -0.3 is 9.52 Å². The minimum absolute atomic E-state index is 0.0869. The Morgan fingerprint density at radius 1 is 1.33 bits per heavy atom. The Kier molecular flexibility index (Phi) is 4.06. The second kappa shape index (κ2) is 5.25. The molecule has 6 heteroatoms. The van der Waals surface area contributed by atoms with Gasteiger partial charge in [0.15, 0.2) is 0 Å². The predicted molar refractivity (Wildman–Crippen MR) is 62.9 cm³/mol. The van der Waals surface area contributed by atoms with Gasteiger partial charge in [0, 0.05) is 5.92 Å². The van der Waals surface area contributed by atoms with Crippen molar-refractivity contribution in [1.82, 2.24) is 0 Å². The predicted octanol–water partition coefficient (Wildman–Crippen LogP) is 4.44. The summed E-state index contributed by atoms with van der Waals surface area (Å²) in [7, 11) is 0. The van der Waals surface area contributed by atoms with E-state index in [4.69, 9.17) is 4.42 Å². The molecule has 0 spiro atoms. The van der Waals surface area contributed by atoms with Crippen LogP contribution in [0.2, 0.25) is 0 Å². The largest absolute Gasteiger partial charge is 0.465 e. The summed E-state index contributed by atoms with van der Waals surface area (Å²) in [6.45, 7) is 0. The van der Waals surface area contributed by atoms with Crippen LogP contribution in [0.3, 0.4) is 0 Å². The summed E-state index contributed by atoms with van der Waals surface area (Å²) >= 11 is 3.17. The summed E-state index contributed by atoms with van der Waals surface area (Å²) in [5.41, 5.74) is 0. The molecule has 1 aromatic heterocycles. The smallest absolute Gasteiger partial charge is 0.392 e. The zero-order chi connectivity index (χ0) is 13.3. The number of hydrogen-bond acceptors (Lipinski definition) is 2. The van der Waals surface area contributed by atoms with Crippen LogP contribution in [0.15, 0.2) is 21.2 Å². The lowest BCUT2D eigenvalue weighted by Crippen LogP contribution is -2.36. The summed E-state index contributed by atoms with van der Waals surface area (Å²) in [6, 6.07) is 1.57. The third-order valence-corrected chi connectivity index (χ3v) is 4.21. The van der Waals surface area contributed by atoms with Crippen molar-refractivity contribution in [2.45, 2.75) is 38.0 Å². The van der Waals surface area contributed by atoms with Crippen molar-refractivity contribution in [3.05, 3.63) is 22.6 Å². The Bertz CT molecular complexity index is 402. The maximum atomic E-state index is 12.9. The fourth-order valence-electron chi connectivity index (χ4n) is 2.65. The van der Waals surface area contributed by atoms with Crippen molar-refractivity contribution in [3.63, 3.8) is 0 Å².